The fourth-order valence-corrected chi connectivity index (χ4v) is 6.08. The molecule has 0 saturated carbocycles. The van der Waals surface area contributed by atoms with Crippen LogP contribution < -0.4 is 16.0 Å². The SMILES string of the molecule is CC(NC(=O)c1c(N)nn2cccnc12)c1cc(Cl)c2c(C#N)ncn2c1N1CCS(=O)(=O)C(C)C1.O=C(O)C(F)(F)F. The minimum absolute atomic E-state index is 0.0249. The monoisotopic (exact) mass is 641 g/mol. The molecular formula is C24H23ClF3N9O5S. The van der Waals surface area contributed by atoms with Gasteiger partial charge < -0.3 is 21.1 Å². The summed E-state index contributed by atoms with van der Waals surface area (Å²) in [7, 11) is -3.22. The number of alkyl halides is 3. The van der Waals surface area contributed by atoms with Gasteiger partial charge in [-0.05, 0) is 26.0 Å². The zero-order valence-corrected chi connectivity index (χ0v) is 23.9. The van der Waals surface area contributed by atoms with Crippen LogP contribution in [0.1, 0.15) is 41.5 Å². The van der Waals surface area contributed by atoms with Crippen molar-refractivity contribution in [2.24, 2.45) is 0 Å². The Hall–Kier alpha value is -4.63. The zero-order valence-electron chi connectivity index (χ0n) is 22.4. The Balaban J connectivity index is 0.000000541. The van der Waals surface area contributed by atoms with Crippen molar-refractivity contribution < 1.29 is 36.3 Å². The summed E-state index contributed by atoms with van der Waals surface area (Å²) in [6.45, 7) is 3.91. The number of imidazole rings is 1. The number of fused-ring (bicyclic) bond motifs is 2. The molecule has 1 fully saturated rings. The Morgan fingerprint density at radius 1 is 1.33 bits per heavy atom. The van der Waals surface area contributed by atoms with Crippen LogP contribution in [0.3, 0.4) is 0 Å². The molecule has 0 aromatic carbocycles. The Morgan fingerprint density at radius 3 is 2.60 bits per heavy atom. The van der Waals surface area contributed by atoms with E-state index in [2.05, 4.69) is 20.4 Å². The van der Waals surface area contributed by atoms with Gasteiger partial charge in [-0.1, -0.05) is 11.6 Å². The molecule has 4 N–H and O–H groups in total. The molecule has 1 saturated heterocycles. The number of sulfone groups is 1. The van der Waals surface area contributed by atoms with Crippen LogP contribution in [-0.4, -0.2) is 79.7 Å². The maximum Gasteiger partial charge on any atom is 0.490 e. The lowest BCUT2D eigenvalue weighted by atomic mass is 10.1. The first kappa shape index (κ1) is 31.3. The summed E-state index contributed by atoms with van der Waals surface area (Å²) in [6, 6.07) is 4.79. The number of nitriles is 1. The summed E-state index contributed by atoms with van der Waals surface area (Å²) < 4.78 is 59.6. The zero-order chi connectivity index (χ0) is 31.9. The molecule has 1 aliphatic heterocycles. The molecular weight excluding hydrogens is 619 g/mol. The molecule has 0 bridgehead atoms. The highest BCUT2D eigenvalue weighted by molar-refractivity contribution is 7.92. The standard InChI is InChI=1S/C22H22ClN9O3S.C2HF3O2/c1-12-10-30(6-7-36(12,34)35)22-14(8-15(23)18-16(9-24)27-11-31(18)22)13(2)28-21(33)17-19(25)29-32-5-3-4-26-20(17)32;3-2(4,5)1(6)7/h3-5,8,11-13H,6-7,10H2,1-2H3,(H2,25,29)(H,28,33);(H,6,7). The molecule has 0 radical (unpaired) electrons. The van der Waals surface area contributed by atoms with Crippen LogP contribution in [0.5, 0.6) is 0 Å². The van der Waals surface area contributed by atoms with Gasteiger partial charge in [0.25, 0.3) is 5.91 Å². The smallest absolute Gasteiger partial charge is 0.475 e. The van der Waals surface area contributed by atoms with Crippen molar-refractivity contribution in [3.63, 3.8) is 0 Å². The van der Waals surface area contributed by atoms with E-state index < -0.39 is 39.2 Å². The van der Waals surface area contributed by atoms with Crippen molar-refractivity contribution in [3.05, 3.63) is 52.7 Å². The van der Waals surface area contributed by atoms with Gasteiger partial charge in [-0.25, -0.2) is 27.7 Å². The lowest BCUT2D eigenvalue weighted by molar-refractivity contribution is -0.192. The minimum Gasteiger partial charge on any atom is -0.475 e. The van der Waals surface area contributed by atoms with Gasteiger partial charge in [0.05, 0.1) is 22.1 Å². The van der Waals surface area contributed by atoms with Crippen molar-refractivity contribution in [3.8, 4) is 6.07 Å². The number of carboxylic acids is 1. The second kappa shape index (κ2) is 11.6. The normalized spacial score (nSPS) is 17.1. The fraction of sp³-hybridized carbons (Fsp3) is 0.333. The molecule has 5 heterocycles. The summed E-state index contributed by atoms with van der Waals surface area (Å²) in [4.78, 5) is 32.5. The summed E-state index contributed by atoms with van der Waals surface area (Å²) in [6.07, 6.45) is -0.421. The molecule has 1 amide bonds. The highest BCUT2D eigenvalue weighted by atomic mass is 35.5. The molecule has 0 spiro atoms. The average Bonchev–Trinajstić information content (AvgIpc) is 3.51. The van der Waals surface area contributed by atoms with Crippen LogP contribution in [0.2, 0.25) is 5.02 Å². The third kappa shape index (κ3) is 6.12. The van der Waals surface area contributed by atoms with E-state index in [4.69, 9.17) is 27.2 Å². The van der Waals surface area contributed by atoms with Crippen LogP contribution in [0.15, 0.2) is 30.9 Å². The number of nitrogens with zero attached hydrogens (tertiary/aromatic N) is 7. The average molecular weight is 642 g/mol. The first-order valence-corrected chi connectivity index (χ1v) is 14.4. The van der Waals surface area contributed by atoms with Crippen molar-refractivity contribution in [1.29, 1.82) is 5.26 Å². The predicted molar refractivity (Wildman–Crippen MR) is 147 cm³/mol. The number of rotatable bonds is 4. The molecule has 4 aromatic rings. The number of halogens is 4. The van der Waals surface area contributed by atoms with Crippen LogP contribution in [0.4, 0.5) is 24.8 Å². The molecule has 43 heavy (non-hydrogen) atoms. The lowest BCUT2D eigenvalue weighted by Crippen LogP contribution is -2.46. The van der Waals surface area contributed by atoms with E-state index in [9.17, 15) is 31.6 Å². The third-order valence-corrected chi connectivity index (χ3v) is 9.02. The van der Waals surface area contributed by atoms with Gasteiger partial charge in [0.2, 0.25) is 0 Å². The molecule has 19 heteroatoms. The van der Waals surface area contributed by atoms with Gasteiger partial charge >= 0.3 is 12.1 Å². The van der Waals surface area contributed by atoms with Crippen molar-refractivity contribution in [2.45, 2.75) is 31.3 Å². The molecule has 0 aliphatic carbocycles. The van der Waals surface area contributed by atoms with E-state index in [1.165, 1.54) is 10.8 Å². The van der Waals surface area contributed by atoms with Crippen molar-refractivity contribution >= 4 is 56.1 Å². The first-order valence-electron chi connectivity index (χ1n) is 12.3. The Bertz CT molecular complexity index is 1880. The number of nitrogens with one attached hydrogen (secondary N) is 1. The number of aromatic nitrogens is 5. The number of aliphatic carboxylic acids is 1. The van der Waals surface area contributed by atoms with E-state index >= 15 is 0 Å². The summed E-state index contributed by atoms with van der Waals surface area (Å²) >= 11 is 6.57. The van der Waals surface area contributed by atoms with E-state index in [0.717, 1.165) is 0 Å². The molecule has 2 unspecified atom stereocenters. The summed E-state index contributed by atoms with van der Waals surface area (Å²) in [5, 5.41) is 23.4. The van der Waals surface area contributed by atoms with Crippen molar-refractivity contribution in [1.82, 2.24) is 29.3 Å². The second-order valence-electron chi connectivity index (χ2n) is 9.46. The molecule has 5 rings (SSSR count). The molecule has 228 valence electrons. The van der Waals surface area contributed by atoms with Crippen LogP contribution >= 0.6 is 11.6 Å². The maximum atomic E-state index is 13.3. The second-order valence-corrected chi connectivity index (χ2v) is 12.4. The number of hydrogen-bond acceptors (Lipinski definition) is 10. The van der Waals surface area contributed by atoms with Crippen LogP contribution in [-0.2, 0) is 14.6 Å². The Labute approximate surface area is 246 Å². The number of amides is 1. The molecule has 1 aliphatic rings. The van der Waals surface area contributed by atoms with E-state index in [1.54, 1.807) is 42.8 Å². The number of carboxylic acid groups (broad SMARTS) is 1. The molecule has 4 aromatic heterocycles. The van der Waals surface area contributed by atoms with Gasteiger partial charge in [-0.15, -0.1) is 5.10 Å². The number of carbonyl (C=O) groups is 2. The van der Waals surface area contributed by atoms with Crippen molar-refractivity contribution in [2.75, 3.05) is 29.5 Å². The van der Waals surface area contributed by atoms with Gasteiger partial charge in [0.15, 0.2) is 27.0 Å². The number of nitrogen functional groups attached to an aromatic ring is 1. The van der Waals surface area contributed by atoms with Gasteiger partial charge in [0, 0.05) is 31.0 Å². The Morgan fingerprint density at radius 2 is 2.00 bits per heavy atom. The quantitative estimate of drug-likeness (QED) is 0.295. The summed E-state index contributed by atoms with van der Waals surface area (Å²) in [5.74, 6) is -2.62. The van der Waals surface area contributed by atoms with Gasteiger partial charge in [-0.3, -0.25) is 9.20 Å². The summed E-state index contributed by atoms with van der Waals surface area (Å²) in [5.41, 5.74) is 7.65. The number of pyridine rings is 1. The fourth-order valence-electron chi connectivity index (χ4n) is 4.50. The van der Waals surface area contributed by atoms with Crippen LogP contribution in [0.25, 0.3) is 11.2 Å². The highest BCUT2D eigenvalue weighted by Gasteiger charge is 2.38. The number of carbonyl (C=O) groups excluding carboxylic acids is 1. The van der Waals surface area contributed by atoms with E-state index in [-0.39, 0.29) is 40.9 Å². The molecule has 2 atom stereocenters. The minimum atomic E-state index is -5.08. The Kier molecular flexibility index (Phi) is 8.42. The van der Waals surface area contributed by atoms with E-state index in [1.807, 2.05) is 11.0 Å². The topological polar surface area (TPSA) is 201 Å². The maximum absolute atomic E-state index is 13.3. The largest absolute Gasteiger partial charge is 0.490 e. The molecule has 14 nitrogen and oxygen atoms in total. The van der Waals surface area contributed by atoms with Crippen LogP contribution in [0, 0.1) is 11.3 Å². The first-order chi connectivity index (χ1) is 20.1. The lowest BCUT2D eigenvalue weighted by Gasteiger charge is -2.35. The predicted octanol–water partition coefficient (Wildman–Crippen LogP) is 2.23. The number of nitrogens with two attached hydrogens (primary N) is 1. The number of hydrogen-bond donors (Lipinski definition) is 3. The van der Waals surface area contributed by atoms with E-state index in [0.29, 0.717) is 22.5 Å². The highest BCUT2D eigenvalue weighted by Crippen LogP contribution is 2.35. The third-order valence-electron chi connectivity index (χ3n) is 6.61. The van der Waals surface area contributed by atoms with Gasteiger partial charge in [0.1, 0.15) is 29.3 Å². The van der Waals surface area contributed by atoms with Gasteiger partial charge in [-0.2, -0.15) is 18.4 Å². The number of anilines is 2.